The summed E-state index contributed by atoms with van der Waals surface area (Å²) in [6.07, 6.45) is 2.47. The van der Waals surface area contributed by atoms with E-state index in [4.69, 9.17) is 21.1 Å². The van der Waals surface area contributed by atoms with Crippen molar-refractivity contribution in [1.29, 1.82) is 0 Å². The first-order valence-corrected chi connectivity index (χ1v) is 5.64. The molecule has 17 heavy (non-hydrogen) atoms. The number of furan rings is 1. The minimum atomic E-state index is -0.825. The summed E-state index contributed by atoms with van der Waals surface area (Å²) in [4.78, 5) is 22.1. The molecular weight excluding hydrogens is 246 g/mol. The van der Waals surface area contributed by atoms with E-state index in [0.717, 1.165) is 0 Å². The molecule has 1 rings (SSSR count). The van der Waals surface area contributed by atoms with E-state index in [2.05, 4.69) is 5.32 Å². The molecule has 0 bridgehead atoms. The Kier molecular flexibility index (Phi) is 5.03. The highest BCUT2D eigenvalue weighted by atomic mass is 35.5. The lowest BCUT2D eigenvalue weighted by atomic mass is 10.1. The van der Waals surface area contributed by atoms with E-state index in [1.54, 1.807) is 6.92 Å². The highest BCUT2D eigenvalue weighted by molar-refractivity contribution is 6.32. The summed E-state index contributed by atoms with van der Waals surface area (Å²) in [6.45, 7) is 2.05. The van der Waals surface area contributed by atoms with E-state index < -0.39 is 11.9 Å². The van der Waals surface area contributed by atoms with Gasteiger partial charge in [0.1, 0.15) is 0 Å². The molecule has 5 nitrogen and oxygen atoms in total. The van der Waals surface area contributed by atoms with Gasteiger partial charge in [0.05, 0.1) is 17.7 Å². The van der Waals surface area contributed by atoms with Gasteiger partial charge in [-0.05, 0) is 30.5 Å². The lowest BCUT2D eigenvalue weighted by Crippen LogP contribution is -2.25. The monoisotopic (exact) mass is 259 g/mol. The van der Waals surface area contributed by atoms with Crippen LogP contribution in [0.3, 0.4) is 0 Å². The van der Waals surface area contributed by atoms with Gasteiger partial charge in [0, 0.05) is 6.54 Å². The van der Waals surface area contributed by atoms with Crippen LogP contribution >= 0.6 is 11.6 Å². The molecule has 1 atom stereocenters. The van der Waals surface area contributed by atoms with Crippen molar-refractivity contribution in [3.63, 3.8) is 0 Å². The highest BCUT2D eigenvalue weighted by Crippen LogP contribution is 2.16. The van der Waals surface area contributed by atoms with Crippen LogP contribution in [0.5, 0.6) is 0 Å². The quantitative estimate of drug-likeness (QED) is 0.768. The molecule has 0 aliphatic heterocycles. The van der Waals surface area contributed by atoms with Gasteiger partial charge in [-0.3, -0.25) is 9.59 Å². The van der Waals surface area contributed by atoms with E-state index in [-0.39, 0.29) is 16.7 Å². The average Bonchev–Trinajstić information content (AvgIpc) is 2.70. The number of hydrogen-bond acceptors (Lipinski definition) is 3. The fourth-order valence-corrected chi connectivity index (χ4v) is 1.48. The Bertz CT molecular complexity index is 402. The van der Waals surface area contributed by atoms with Gasteiger partial charge >= 0.3 is 5.97 Å². The number of aliphatic carboxylic acids is 1. The molecule has 1 heterocycles. The van der Waals surface area contributed by atoms with Gasteiger partial charge in [-0.25, -0.2) is 0 Å². The zero-order valence-electron chi connectivity index (χ0n) is 9.40. The van der Waals surface area contributed by atoms with E-state index in [9.17, 15) is 9.59 Å². The molecule has 0 saturated carbocycles. The summed E-state index contributed by atoms with van der Waals surface area (Å²) in [6, 6.07) is 1.48. The molecule has 0 saturated heterocycles. The van der Waals surface area contributed by atoms with Crippen LogP contribution in [0.15, 0.2) is 16.7 Å². The van der Waals surface area contributed by atoms with Crippen molar-refractivity contribution in [1.82, 2.24) is 5.32 Å². The first-order chi connectivity index (χ1) is 8.02. The minimum Gasteiger partial charge on any atom is -0.481 e. The molecule has 0 aromatic carbocycles. The van der Waals surface area contributed by atoms with Gasteiger partial charge in [0.15, 0.2) is 0 Å². The van der Waals surface area contributed by atoms with Gasteiger partial charge < -0.3 is 14.8 Å². The Hall–Kier alpha value is -1.49. The lowest BCUT2D eigenvalue weighted by molar-refractivity contribution is -0.141. The number of carbonyl (C=O) groups excluding carboxylic acids is 1. The molecule has 0 aliphatic rings. The number of hydrogen-bond donors (Lipinski definition) is 2. The van der Waals surface area contributed by atoms with E-state index in [1.165, 1.54) is 12.3 Å². The zero-order chi connectivity index (χ0) is 12.8. The fourth-order valence-electron chi connectivity index (χ4n) is 1.28. The van der Waals surface area contributed by atoms with Crippen LogP contribution in [-0.2, 0) is 4.79 Å². The number of rotatable bonds is 6. The second kappa shape index (κ2) is 6.30. The van der Waals surface area contributed by atoms with Gasteiger partial charge in [-0.1, -0.05) is 6.92 Å². The van der Waals surface area contributed by atoms with Crippen LogP contribution in [0.4, 0.5) is 0 Å². The van der Waals surface area contributed by atoms with Gasteiger partial charge in [0.2, 0.25) is 5.22 Å². The average molecular weight is 260 g/mol. The molecule has 94 valence electrons. The molecule has 0 spiro atoms. The predicted octanol–water partition coefficient (Wildman–Crippen LogP) is 2.16. The number of nitrogens with one attached hydrogen (secondary N) is 1. The van der Waals surface area contributed by atoms with Crippen LogP contribution < -0.4 is 5.32 Å². The maximum atomic E-state index is 11.5. The molecule has 0 radical (unpaired) electrons. The van der Waals surface area contributed by atoms with E-state index >= 15 is 0 Å². The van der Waals surface area contributed by atoms with Gasteiger partial charge in [-0.15, -0.1) is 0 Å². The largest absolute Gasteiger partial charge is 0.481 e. The van der Waals surface area contributed by atoms with Crippen molar-refractivity contribution in [2.24, 2.45) is 5.92 Å². The number of amides is 1. The Labute approximate surface area is 104 Å². The van der Waals surface area contributed by atoms with Gasteiger partial charge in [-0.2, -0.15) is 0 Å². The van der Waals surface area contributed by atoms with Gasteiger partial charge in [0.25, 0.3) is 5.91 Å². The molecule has 0 fully saturated rings. The topological polar surface area (TPSA) is 79.5 Å². The Balaban J connectivity index is 2.26. The standard InChI is InChI=1S/C11H14ClNO4/c1-7(11(15)16)3-2-5-13-10(14)8-4-6-17-9(8)12/h4,6-7H,2-3,5H2,1H3,(H,13,14)(H,15,16). The molecule has 0 aliphatic carbocycles. The van der Waals surface area contributed by atoms with E-state index in [1.807, 2.05) is 0 Å². The molecule has 2 N–H and O–H groups in total. The Morgan fingerprint density at radius 1 is 1.59 bits per heavy atom. The highest BCUT2D eigenvalue weighted by Gasteiger charge is 2.13. The fraction of sp³-hybridized carbons (Fsp3) is 0.455. The third-order valence-electron chi connectivity index (χ3n) is 2.38. The molecule has 1 unspecified atom stereocenters. The summed E-state index contributed by atoms with van der Waals surface area (Å²) in [5, 5.41) is 11.4. The third-order valence-corrected chi connectivity index (χ3v) is 2.68. The molecular formula is C11H14ClNO4. The summed E-state index contributed by atoms with van der Waals surface area (Å²) in [7, 11) is 0. The summed E-state index contributed by atoms with van der Waals surface area (Å²) < 4.78 is 4.79. The van der Waals surface area contributed by atoms with Crippen LogP contribution in [0, 0.1) is 5.92 Å². The number of halogens is 1. The Morgan fingerprint density at radius 3 is 2.82 bits per heavy atom. The van der Waals surface area contributed by atoms with Crippen LogP contribution in [0.2, 0.25) is 5.22 Å². The maximum Gasteiger partial charge on any atom is 0.306 e. The van der Waals surface area contributed by atoms with Crippen molar-refractivity contribution in [2.75, 3.05) is 6.54 Å². The first kappa shape index (κ1) is 13.6. The molecule has 1 amide bonds. The lowest BCUT2D eigenvalue weighted by Gasteiger charge is -2.06. The summed E-state index contributed by atoms with van der Waals surface area (Å²) in [5.74, 6) is -1.54. The van der Waals surface area contributed by atoms with Crippen molar-refractivity contribution < 1.29 is 19.1 Å². The normalized spacial score (nSPS) is 12.1. The summed E-state index contributed by atoms with van der Waals surface area (Å²) in [5.41, 5.74) is 0.290. The first-order valence-electron chi connectivity index (χ1n) is 5.26. The molecule has 1 aromatic heterocycles. The number of carboxylic acids is 1. The molecule has 6 heteroatoms. The van der Waals surface area contributed by atoms with Crippen molar-refractivity contribution in [3.8, 4) is 0 Å². The number of carboxylic acid groups (broad SMARTS) is 1. The third kappa shape index (κ3) is 4.11. The predicted molar refractivity (Wildman–Crippen MR) is 62.1 cm³/mol. The second-order valence-corrected chi connectivity index (χ2v) is 4.09. The minimum absolute atomic E-state index is 0.0569. The van der Waals surface area contributed by atoms with Crippen molar-refractivity contribution in [3.05, 3.63) is 23.1 Å². The smallest absolute Gasteiger partial charge is 0.306 e. The van der Waals surface area contributed by atoms with Crippen molar-refractivity contribution in [2.45, 2.75) is 19.8 Å². The van der Waals surface area contributed by atoms with Crippen LogP contribution in [0.25, 0.3) is 0 Å². The maximum absolute atomic E-state index is 11.5. The summed E-state index contributed by atoms with van der Waals surface area (Å²) >= 11 is 5.63. The molecule has 1 aromatic rings. The van der Waals surface area contributed by atoms with Crippen LogP contribution in [0.1, 0.15) is 30.1 Å². The van der Waals surface area contributed by atoms with Crippen LogP contribution in [-0.4, -0.2) is 23.5 Å². The number of carbonyl (C=O) groups is 2. The Morgan fingerprint density at radius 2 is 2.29 bits per heavy atom. The SMILES string of the molecule is CC(CCCNC(=O)c1ccoc1Cl)C(=O)O. The van der Waals surface area contributed by atoms with Crippen molar-refractivity contribution >= 4 is 23.5 Å². The second-order valence-electron chi connectivity index (χ2n) is 3.75. The van der Waals surface area contributed by atoms with E-state index in [0.29, 0.717) is 19.4 Å². The zero-order valence-corrected chi connectivity index (χ0v) is 10.2.